The number of aryl methyl sites for hydroxylation is 1. The first-order chi connectivity index (χ1) is 6.84. The molecule has 0 radical (unpaired) electrons. The van der Waals surface area contributed by atoms with Crippen molar-refractivity contribution in [2.75, 3.05) is 18.4 Å². The summed E-state index contributed by atoms with van der Waals surface area (Å²) in [7, 11) is 0. The molecule has 1 saturated heterocycles. The molecule has 0 aromatic carbocycles. The van der Waals surface area contributed by atoms with Crippen LogP contribution in [0.25, 0.3) is 0 Å². The van der Waals surface area contributed by atoms with E-state index in [2.05, 4.69) is 20.8 Å². The molecule has 1 unspecified atom stereocenters. The zero-order valence-corrected chi connectivity index (χ0v) is 9.23. The van der Waals surface area contributed by atoms with Gasteiger partial charge in [-0.25, -0.2) is 0 Å². The Kier molecular flexibility index (Phi) is 3.31. The van der Waals surface area contributed by atoms with Gasteiger partial charge in [-0.15, -0.1) is 10.2 Å². The summed E-state index contributed by atoms with van der Waals surface area (Å²) in [6, 6.07) is 0.567. The van der Waals surface area contributed by atoms with Crippen LogP contribution in [-0.2, 0) is 0 Å². The van der Waals surface area contributed by atoms with Crippen molar-refractivity contribution in [3.8, 4) is 0 Å². The first-order valence-corrected chi connectivity index (χ1v) is 5.93. The molecule has 0 bridgehead atoms. The summed E-state index contributed by atoms with van der Waals surface area (Å²) in [5.41, 5.74) is 0. The molecule has 1 aromatic rings. The normalized spacial score (nSPS) is 23.1. The van der Waals surface area contributed by atoms with Crippen molar-refractivity contribution in [2.45, 2.75) is 32.2 Å². The van der Waals surface area contributed by atoms with Crippen LogP contribution in [0.2, 0.25) is 0 Å². The van der Waals surface area contributed by atoms with Crippen LogP contribution in [0.3, 0.4) is 0 Å². The van der Waals surface area contributed by atoms with E-state index in [1.807, 2.05) is 6.92 Å². The summed E-state index contributed by atoms with van der Waals surface area (Å²) in [4.78, 5) is 0. The quantitative estimate of drug-likeness (QED) is 0.778. The maximum Gasteiger partial charge on any atom is 0.205 e. The maximum absolute atomic E-state index is 4.08. The highest BCUT2D eigenvalue weighted by Gasteiger charge is 2.12. The van der Waals surface area contributed by atoms with E-state index in [9.17, 15) is 0 Å². The van der Waals surface area contributed by atoms with Crippen molar-refractivity contribution in [1.82, 2.24) is 15.5 Å². The Labute approximate surface area is 88.1 Å². The lowest BCUT2D eigenvalue weighted by Gasteiger charge is -2.13. The SMILES string of the molecule is Cc1nnc(NC2CCCNCC2)s1. The molecule has 0 aliphatic carbocycles. The molecule has 0 amide bonds. The summed E-state index contributed by atoms with van der Waals surface area (Å²) >= 11 is 1.63. The molecule has 78 valence electrons. The van der Waals surface area contributed by atoms with Crippen molar-refractivity contribution >= 4 is 16.5 Å². The molecule has 1 aliphatic rings. The third-order valence-electron chi connectivity index (χ3n) is 2.43. The zero-order chi connectivity index (χ0) is 9.80. The lowest BCUT2D eigenvalue weighted by atomic mass is 10.1. The molecule has 5 heteroatoms. The van der Waals surface area contributed by atoms with E-state index in [-0.39, 0.29) is 0 Å². The molecule has 0 saturated carbocycles. The van der Waals surface area contributed by atoms with Crippen LogP contribution in [0.1, 0.15) is 24.3 Å². The van der Waals surface area contributed by atoms with E-state index in [1.165, 1.54) is 19.3 Å². The second-order valence-electron chi connectivity index (χ2n) is 3.65. The minimum atomic E-state index is 0.567. The van der Waals surface area contributed by atoms with Crippen LogP contribution in [0.5, 0.6) is 0 Å². The van der Waals surface area contributed by atoms with Gasteiger partial charge < -0.3 is 10.6 Å². The van der Waals surface area contributed by atoms with Crippen LogP contribution in [0.15, 0.2) is 0 Å². The lowest BCUT2D eigenvalue weighted by Crippen LogP contribution is -2.21. The fourth-order valence-electron chi connectivity index (χ4n) is 1.69. The average Bonchev–Trinajstić information content (AvgIpc) is 2.43. The van der Waals surface area contributed by atoms with Crippen LogP contribution in [0, 0.1) is 6.92 Å². The highest BCUT2D eigenvalue weighted by Crippen LogP contribution is 2.17. The number of aromatic nitrogens is 2. The minimum absolute atomic E-state index is 0.567. The van der Waals surface area contributed by atoms with Gasteiger partial charge >= 0.3 is 0 Å². The van der Waals surface area contributed by atoms with Crippen LogP contribution >= 0.6 is 11.3 Å². The highest BCUT2D eigenvalue weighted by molar-refractivity contribution is 7.15. The van der Waals surface area contributed by atoms with E-state index in [0.29, 0.717) is 6.04 Å². The number of hydrogen-bond acceptors (Lipinski definition) is 5. The van der Waals surface area contributed by atoms with Gasteiger partial charge in [-0.3, -0.25) is 0 Å². The summed E-state index contributed by atoms with van der Waals surface area (Å²) in [6.07, 6.45) is 3.65. The Morgan fingerprint density at radius 3 is 3.07 bits per heavy atom. The van der Waals surface area contributed by atoms with E-state index in [1.54, 1.807) is 11.3 Å². The van der Waals surface area contributed by atoms with Gasteiger partial charge in [0.25, 0.3) is 0 Å². The van der Waals surface area contributed by atoms with E-state index in [0.717, 1.165) is 23.2 Å². The van der Waals surface area contributed by atoms with Crippen molar-refractivity contribution in [2.24, 2.45) is 0 Å². The maximum atomic E-state index is 4.08. The van der Waals surface area contributed by atoms with E-state index < -0.39 is 0 Å². The Morgan fingerprint density at radius 1 is 1.36 bits per heavy atom. The zero-order valence-electron chi connectivity index (χ0n) is 8.42. The molecular formula is C9H16N4S. The molecule has 1 aliphatic heterocycles. The molecule has 1 fully saturated rings. The number of rotatable bonds is 2. The first kappa shape index (κ1) is 9.86. The number of nitrogens with one attached hydrogen (secondary N) is 2. The average molecular weight is 212 g/mol. The van der Waals surface area contributed by atoms with Gasteiger partial charge in [0.15, 0.2) is 0 Å². The molecule has 2 N–H and O–H groups in total. The standard InChI is InChI=1S/C9H16N4S/c1-7-12-13-9(14-7)11-8-3-2-5-10-6-4-8/h8,10H,2-6H2,1H3,(H,11,13). The Morgan fingerprint density at radius 2 is 2.29 bits per heavy atom. The number of anilines is 1. The van der Waals surface area contributed by atoms with Gasteiger partial charge in [0, 0.05) is 6.04 Å². The van der Waals surface area contributed by atoms with Gasteiger partial charge in [0.05, 0.1) is 0 Å². The minimum Gasteiger partial charge on any atom is -0.357 e. The van der Waals surface area contributed by atoms with Gasteiger partial charge in [-0.05, 0) is 39.3 Å². The fourth-order valence-corrected chi connectivity index (χ4v) is 2.36. The Hall–Kier alpha value is -0.680. The van der Waals surface area contributed by atoms with Crippen molar-refractivity contribution < 1.29 is 0 Å². The van der Waals surface area contributed by atoms with Crippen molar-refractivity contribution in [3.63, 3.8) is 0 Å². The summed E-state index contributed by atoms with van der Waals surface area (Å²) in [5.74, 6) is 0. The smallest absolute Gasteiger partial charge is 0.205 e. The highest BCUT2D eigenvalue weighted by atomic mass is 32.1. The molecule has 14 heavy (non-hydrogen) atoms. The summed E-state index contributed by atoms with van der Waals surface area (Å²) < 4.78 is 0. The summed E-state index contributed by atoms with van der Waals surface area (Å²) in [6.45, 7) is 4.24. The number of nitrogens with zero attached hydrogens (tertiary/aromatic N) is 2. The largest absolute Gasteiger partial charge is 0.357 e. The molecule has 2 heterocycles. The molecule has 4 nitrogen and oxygen atoms in total. The van der Waals surface area contributed by atoms with E-state index in [4.69, 9.17) is 0 Å². The third kappa shape index (κ3) is 2.65. The lowest BCUT2D eigenvalue weighted by molar-refractivity contribution is 0.636. The predicted octanol–water partition coefficient (Wildman–Crippen LogP) is 1.40. The fraction of sp³-hybridized carbons (Fsp3) is 0.778. The topological polar surface area (TPSA) is 49.8 Å². The molecular weight excluding hydrogens is 196 g/mol. The van der Waals surface area contributed by atoms with Crippen LogP contribution in [0.4, 0.5) is 5.13 Å². The third-order valence-corrected chi connectivity index (χ3v) is 3.20. The Balaban J connectivity index is 1.89. The van der Waals surface area contributed by atoms with Gasteiger partial charge in [0.1, 0.15) is 5.01 Å². The summed E-state index contributed by atoms with van der Waals surface area (Å²) in [5, 5.41) is 16.9. The first-order valence-electron chi connectivity index (χ1n) is 5.12. The van der Waals surface area contributed by atoms with Gasteiger partial charge in [-0.2, -0.15) is 0 Å². The number of hydrogen-bond donors (Lipinski definition) is 2. The predicted molar refractivity (Wildman–Crippen MR) is 58.8 cm³/mol. The Bertz CT molecular complexity index is 278. The van der Waals surface area contributed by atoms with Gasteiger partial charge in [0.2, 0.25) is 5.13 Å². The molecule has 1 atom stereocenters. The van der Waals surface area contributed by atoms with Crippen molar-refractivity contribution in [3.05, 3.63) is 5.01 Å². The van der Waals surface area contributed by atoms with Crippen LogP contribution in [-0.4, -0.2) is 29.3 Å². The monoisotopic (exact) mass is 212 g/mol. The second-order valence-corrected chi connectivity index (χ2v) is 4.83. The molecule has 1 aromatic heterocycles. The molecule has 2 rings (SSSR count). The molecule has 0 spiro atoms. The van der Waals surface area contributed by atoms with Crippen LogP contribution < -0.4 is 10.6 Å². The van der Waals surface area contributed by atoms with Gasteiger partial charge in [-0.1, -0.05) is 11.3 Å². The van der Waals surface area contributed by atoms with E-state index >= 15 is 0 Å². The second kappa shape index (κ2) is 4.70. The van der Waals surface area contributed by atoms with Crippen molar-refractivity contribution in [1.29, 1.82) is 0 Å².